The summed E-state index contributed by atoms with van der Waals surface area (Å²) in [5.41, 5.74) is 5.74. The average Bonchev–Trinajstić information content (AvgIpc) is 3.30. The van der Waals surface area contributed by atoms with Crippen molar-refractivity contribution in [2.45, 2.75) is 30.2 Å². The number of hydrogen-bond donors (Lipinski definition) is 2. The molecule has 1 heterocycles. The summed E-state index contributed by atoms with van der Waals surface area (Å²) in [7, 11) is 0. The Balaban J connectivity index is 1.65. The summed E-state index contributed by atoms with van der Waals surface area (Å²) < 4.78 is 5.61. The molecule has 2 amide bonds. The Kier molecular flexibility index (Phi) is 8.08. The van der Waals surface area contributed by atoms with E-state index in [1.807, 2.05) is 18.2 Å². The van der Waals surface area contributed by atoms with Gasteiger partial charge < -0.3 is 4.42 Å². The van der Waals surface area contributed by atoms with Crippen molar-refractivity contribution in [2.24, 2.45) is 0 Å². The molecular formula is C24H24N4O3S. The summed E-state index contributed by atoms with van der Waals surface area (Å²) in [4.78, 5) is 28.7. The minimum absolute atomic E-state index is 0.123. The van der Waals surface area contributed by atoms with Crippen LogP contribution in [0.15, 0.2) is 74.9 Å². The first kappa shape index (κ1) is 23.1. The molecule has 8 heteroatoms. The molecule has 32 heavy (non-hydrogen) atoms. The van der Waals surface area contributed by atoms with Crippen molar-refractivity contribution in [3.8, 4) is 6.07 Å². The van der Waals surface area contributed by atoms with Crippen molar-refractivity contribution in [3.63, 3.8) is 0 Å². The third-order valence-corrected chi connectivity index (χ3v) is 5.96. The Morgan fingerprint density at radius 1 is 0.938 bits per heavy atom. The van der Waals surface area contributed by atoms with E-state index < -0.39 is 11.8 Å². The van der Waals surface area contributed by atoms with Gasteiger partial charge in [0.05, 0.1) is 17.7 Å². The van der Waals surface area contributed by atoms with Crippen molar-refractivity contribution >= 4 is 23.6 Å². The Labute approximate surface area is 191 Å². The van der Waals surface area contributed by atoms with E-state index in [4.69, 9.17) is 4.42 Å². The van der Waals surface area contributed by atoms with Gasteiger partial charge in [-0.1, -0.05) is 49.9 Å². The van der Waals surface area contributed by atoms with Crippen LogP contribution in [0.1, 0.15) is 46.1 Å². The lowest BCUT2D eigenvalue weighted by Gasteiger charge is -2.15. The number of hydrogen-bond acceptors (Lipinski definition) is 6. The summed E-state index contributed by atoms with van der Waals surface area (Å²) in [6, 6.07) is 19.7. The molecular weight excluding hydrogens is 424 g/mol. The first-order valence-electron chi connectivity index (χ1n) is 10.2. The normalized spacial score (nSPS) is 10.6. The predicted octanol–water partition coefficient (Wildman–Crippen LogP) is 4.22. The molecule has 0 atom stereocenters. The highest BCUT2D eigenvalue weighted by Gasteiger charge is 2.17. The molecule has 2 aromatic carbocycles. The molecule has 0 aliphatic rings. The Bertz CT molecular complexity index is 1130. The molecule has 0 spiro atoms. The number of nitrogens with one attached hydrogen (secondary N) is 2. The van der Waals surface area contributed by atoms with Gasteiger partial charge in [-0.3, -0.25) is 25.3 Å². The highest BCUT2D eigenvalue weighted by molar-refractivity contribution is 7.99. The van der Waals surface area contributed by atoms with Crippen LogP contribution >= 0.6 is 11.8 Å². The van der Waals surface area contributed by atoms with Crippen molar-refractivity contribution in [3.05, 3.63) is 83.3 Å². The Hall–Kier alpha value is -3.54. The molecule has 1 aromatic heterocycles. The number of nitrogens with zero attached hydrogens (tertiary/aromatic N) is 2. The van der Waals surface area contributed by atoms with Crippen LogP contribution in [-0.4, -0.2) is 29.8 Å². The molecule has 7 nitrogen and oxygen atoms in total. The van der Waals surface area contributed by atoms with E-state index in [-0.39, 0.29) is 5.76 Å². The number of rotatable bonds is 8. The second-order valence-corrected chi connectivity index (χ2v) is 7.93. The van der Waals surface area contributed by atoms with Crippen LogP contribution in [0, 0.1) is 11.3 Å². The Morgan fingerprint density at radius 2 is 1.59 bits per heavy atom. The zero-order chi connectivity index (χ0) is 22.9. The standard InChI is InChI=1S/C24H24N4O3S/c1-3-28(4-2)16-18-13-14-20(31-18)24(30)27-26-23(29)19-10-6-8-12-22(19)32-21-11-7-5-9-17(21)15-25/h5-14H,3-4,16H2,1-2H3,(H,26,29)(H,27,30). The number of nitriles is 1. The largest absolute Gasteiger partial charge is 0.454 e. The maximum atomic E-state index is 12.7. The van der Waals surface area contributed by atoms with Gasteiger partial charge >= 0.3 is 5.91 Å². The number of carbonyl (C=O) groups is 2. The van der Waals surface area contributed by atoms with E-state index in [2.05, 4.69) is 35.7 Å². The molecule has 3 rings (SSSR count). The maximum absolute atomic E-state index is 12.7. The topological polar surface area (TPSA) is 98.4 Å². The molecule has 164 valence electrons. The third-order valence-electron chi connectivity index (χ3n) is 4.81. The maximum Gasteiger partial charge on any atom is 0.305 e. The van der Waals surface area contributed by atoms with Crippen LogP contribution in [0.5, 0.6) is 0 Å². The lowest BCUT2D eigenvalue weighted by atomic mass is 10.2. The van der Waals surface area contributed by atoms with E-state index in [9.17, 15) is 14.9 Å². The quantitative estimate of drug-likeness (QED) is 0.501. The lowest BCUT2D eigenvalue weighted by molar-refractivity contribution is 0.0827. The first-order valence-corrected chi connectivity index (χ1v) is 11.0. The molecule has 0 aliphatic heterocycles. The minimum Gasteiger partial charge on any atom is -0.454 e. The highest BCUT2D eigenvalue weighted by atomic mass is 32.2. The van der Waals surface area contributed by atoms with Gasteiger partial charge in [0.25, 0.3) is 5.91 Å². The van der Waals surface area contributed by atoms with Crippen molar-refractivity contribution in [1.29, 1.82) is 5.26 Å². The molecule has 0 saturated carbocycles. The average molecular weight is 449 g/mol. The van der Waals surface area contributed by atoms with E-state index in [1.165, 1.54) is 11.8 Å². The van der Waals surface area contributed by atoms with Gasteiger partial charge in [-0.2, -0.15) is 5.26 Å². The summed E-state index contributed by atoms with van der Waals surface area (Å²) in [6.45, 7) is 6.49. The molecule has 0 unspecified atom stereocenters. The smallest absolute Gasteiger partial charge is 0.305 e. The number of benzene rings is 2. The van der Waals surface area contributed by atoms with Crippen LogP contribution < -0.4 is 10.9 Å². The fourth-order valence-electron chi connectivity index (χ4n) is 3.00. The summed E-state index contributed by atoms with van der Waals surface area (Å²) in [5.74, 6) is -0.198. The first-order chi connectivity index (χ1) is 15.5. The van der Waals surface area contributed by atoms with Crippen LogP contribution in [-0.2, 0) is 6.54 Å². The molecule has 0 radical (unpaired) electrons. The fourth-order valence-corrected chi connectivity index (χ4v) is 4.03. The second-order valence-electron chi connectivity index (χ2n) is 6.84. The van der Waals surface area contributed by atoms with Crippen LogP contribution in [0.3, 0.4) is 0 Å². The van der Waals surface area contributed by atoms with E-state index >= 15 is 0 Å². The highest BCUT2D eigenvalue weighted by Crippen LogP contribution is 2.32. The lowest BCUT2D eigenvalue weighted by Crippen LogP contribution is -2.41. The number of furan rings is 1. The van der Waals surface area contributed by atoms with Crippen LogP contribution in [0.25, 0.3) is 0 Å². The van der Waals surface area contributed by atoms with Crippen molar-refractivity contribution in [1.82, 2.24) is 15.8 Å². The molecule has 0 bridgehead atoms. The summed E-state index contributed by atoms with van der Waals surface area (Å²) in [5, 5.41) is 9.30. The van der Waals surface area contributed by atoms with E-state index in [0.717, 1.165) is 18.0 Å². The van der Waals surface area contributed by atoms with Gasteiger partial charge in [-0.05, 0) is 49.5 Å². The minimum atomic E-state index is -0.538. The second kappa shape index (κ2) is 11.2. The zero-order valence-corrected chi connectivity index (χ0v) is 18.7. The predicted molar refractivity (Wildman–Crippen MR) is 122 cm³/mol. The fraction of sp³-hybridized carbons (Fsp3) is 0.208. The molecule has 2 N–H and O–H groups in total. The number of carbonyl (C=O) groups excluding carboxylic acids is 2. The van der Waals surface area contributed by atoms with Crippen molar-refractivity contribution < 1.29 is 14.0 Å². The third kappa shape index (κ3) is 5.78. The molecule has 0 aliphatic carbocycles. The monoisotopic (exact) mass is 448 g/mol. The molecule has 3 aromatic rings. The Morgan fingerprint density at radius 3 is 2.31 bits per heavy atom. The van der Waals surface area contributed by atoms with Gasteiger partial charge in [-0.25, -0.2) is 0 Å². The van der Waals surface area contributed by atoms with Crippen LogP contribution in [0.2, 0.25) is 0 Å². The zero-order valence-electron chi connectivity index (χ0n) is 17.9. The van der Waals surface area contributed by atoms with E-state index in [0.29, 0.717) is 28.3 Å². The summed E-state index contributed by atoms with van der Waals surface area (Å²) in [6.07, 6.45) is 0. The summed E-state index contributed by atoms with van der Waals surface area (Å²) >= 11 is 1.32. The number of amides is 2. The van der Waals surface area contributed by atoms with Gasteiger partial charge in [0, 0.05) is 9.79 Å². The van der Waals surface area contributed by atoms with Crippen molar-refractivity contribution in [2.75, 3.05) is 13.1 Å². The van der Waals surface area contributed by atoms with Crippen LogP contribution in [0.4, 0.5) is 0 Å². The SMILES string of the molecule is CCN(CC)Cc1ccc(C(=O)NNC(=O)c2ccccc2Sc2ccccc2C#N)o1. The van der Waals surface area contributed by atoms with Gasteiger partial charge in [0.2, 0.25) is 0 Å². The van der Waals surface area contributed by atoms with E-state index in [1.54, 1.807) is 42.5 Å². The van der Waals surface area contributed by atoms with Gasteiger partial charge in [0.1, 0.15) is 11.8 Å². The van der Waals surface area contributed by atoms with Gasteiger partial charge in [0.15, 0.2) is 5.76 Å². The van der Waals surface area contributed by atoms with Gasteiger partial charge in [-0.15, -0.1) is 0 Å². The molecule has 0 fully saturated rings. The molecule has 0 saturated heterocycles. The number of hydrazine groups is 1.